The molecule has 1 heterocycles. The Morgan fingerprint density at radius 2 is 1.89 bits per heavy atom. The van der Waals surface area contributed by atoms with E-state index < -0.39 is 0 Å². The van der Waals surface area contributed by atoms with E-state index >= 15 is 0 Å². The van der Waals surface area contributed by atoms with E-state index in [-0.39, 0.29) is 0 Å². The highest BCUT2D eigenvalue weighted by Crippen LogP contribution is 1.81. The lowest BCUT2D eigenvalue weighted by molar-refractivity contribution is 0.737. The lowest BCUT2D eigenvalue weighted by atomic mass is 10.3. The molecule has 0 aliphatic heterocycles. The minimum absolute atomic E-state index is 0.833. The summed E-state index contributed by atoms with van der Waals surface area (Å²) in [6, 6.07) is 1.83. The smallest absolute Gasteiger partial charge is 0.0487 e. The van der Waals surface area contributed by atoms with Gasteiger partial charge in [0.1, 0.15) is 0 Å². The van der Waals surface area contributed by atoms with Gasteiger partial charge in [-0.05, 0) is 12.0 Å². The highest BCUT2D eigenvalue weighted by atomic mass is 15.1. The maximum absolute atomic E-state index is 3.60. The molecule has 9 heavy (non-hydrogen) atoms. The van der Waals surface area contributed by atoms with Crippen LogP contribution in [-0.4, -0.2) is 10.2 Å². The molecule has 2 heteroatoms. The maximum atomic E-state index is 3.60. The van der Waals surface area contributed by atoms with E-state index in [0.29, 0.717) is 0 Å². The molecular weight excluding hydrogens is 112 g/mol. The first kappa shape index (κ1) is 8.21. The Hall–Kier alpha value is -0.790. The SMILES string of the molecule is CC(C)C.c1cn[nH]c1. The van der Waals surface area contributed by atoms with Crippen molar-refractivity contribution in [3.63, 3.8) is 0 Å². The van der Waals surface area contributed by atoms with Crippen LogP contribution in [0.15, 0.2) is 18.5 Å². The van der Waals surface area contributed by atoms with Gasteiger partial charge < -0.3 is 0 Å². The Morgan fingerprint density at radius 3 is 2.00 bits per heavy atom. The van der Waals surface area contributed by atoms with Gasteiger partial charge in [0.2, 0.25) is 0 Å². The lowest BCUT2D eigenvalue weighted by Crippen LogP contribution is -1.66. The van der Waals surface area contributed by atoms with Gasteiger partial charge in [-0.25, -0.2) is 0 Å². The number of aromatic amines is 1. The minimum Gasteiger partial charge on any atom is -0.286 e. The van der Waals surface area contributed by atoms with Crippen molar-refractivity contribution in [2.75, 3.05) is 0 Å². The van der Waals surface area contributed by atoms with Crippen LogP contribution in [0.4, 0.5) is 0 Å². The average Bonchev–Trinajstić information content (AvgIpc) is 2.11. The van der Waals surface area contributed by atoms with Gasteiger partial charge in [0.05, 0.1) is 0 Å². The normalized spacial score (nSPS) is 8.44. The quantitative estimate of drug-likeness (QED) is 0.566. The molecular formula is C7H14N2. The van der Waals surface area contributed by atoms with Crippen molar-refractivity contribution in [2.45, 2.75) is 20.8 Å². The Bertz CT molecular complexity index is 90.5. The number of nitrogens with zero attached hydrogens (tertiary/aromatic N) is 1. The van der Waals surface area contributed by atoms with Gasteiger partial charge in [0.25, 0.3) is 0 Å². The van der Waals surface area contributed by atoms with Crippen molar-refractivity contribution in [1.29, 1.82) is 0 Å². The van der Waals surface area contributed by atoms with Crippen LogP contribution in [0.25, 0.3) is 0 Å². The van der Waals surface area contributed by atoms with Crippen LogP contribution in [0.2, 0.25) is 0 Å². The average molecular weight is 126 g/mol. The summed E-state index contributed by atoms with van der Waals surface area (Å²) in [7, 11) is 0. The highest BCUT2D eigenvalue weighted by Gasteiger charge is 1.68. The van der Waals surface area contributed by atoms with Crippen molar-refractivity contribution in [3.05, 3.63) is 18.5 Å². The summed E-state index contributed by atoms with van der Waals surface area (Å²) in [4.78, 5) is 0. The number of H-pyrrole nitrogens is 1. The van der Waals surface area contributed by atoms with Crippen molar-refractivity contribution in [3.8, 4) is 0 Å². The van der Waals surface area contributed by atoms with Gasteiger partial charge in [-0.3, -0.25) is 5.10 Å². The van der Waals surface area contributed by atoms with Crippen LogP contribution in [0.5, 0.6) is 0 Å². The van der Waals surface area contributed by atoms with E-state index in [0.717, 1.165) is 5.92 Å². The fourth-order valence-electron chi connectivity index (χ4n) is 0.215. The van der Waals surface area contributed by atoms with E-state index in [1.54, 1.807) is 12.4 Å². The van der Waals surface area contributed by atoms with E-state index in [1.807, 2.05) is 6.07 Å². The molecule has 0 aliphatic rings. The number of hydrogen-bond donors (Lipinski definition) is 1. The topological polar surface area (TPSA) is 28.7 Å². The Kier molecular flexibility index (Phi) is 4.88. The second-order valence-corrected chi connectivity index (χ2v) is 2.50. The van der Waals surface area contributed by atoms with E-state index in [1.165, 1.54) is 0 Å². The molecule has 0 radical (unpaired) electrons. The van der Waals surface area contributed by atoms with Crippen LogP contribution in [-0.2, 0) is 0 Å². The van der Waals surface area contributed by atoms with Gasteiger partial charge in [-0.1, -0.05) is 20.8 Å². The van der Waals surface area contributed by atoms with E-state index in [2.05, 4.69) is 31.0 Å². The second kappa shape index (κ2) is 5.35. The monoisotopic (exact) mass is 126 g/mol. The molecule has 1 N–H and O–H groups in total. The lowest BCUT2D eigenvalue weighted by Gasteiger charge is -1.79. The van der Waals surface area contributed by atoms with E-state index in [9.17, 15) is 0 Å². The maximum Gasteiger partial charge on any atom is 0.0487 e. The first-order valence-corrected chi connectivity index (χ1v) is 3.17. The molecule has 0 amide bonds. The first-order chi connectivity index (χ1) is 4.23. The fraction of sp³-hybridized carbons (Fsp3) is 0.571. The van der Waals surface area contributed by atoms with Crippen LogP contribution in [0, 0.1) is 5.92 Å². The van der Waals surface area contributed by atoms with Crippen LogP contribution in [0.1, 0.15) is 20.8 Å². The number of nitrogens with one attached hydrogen (secondary N) is 1. The molecule has 2 nitrogen and oxygen atoms in total. The van der Waals surface area contributed by atoms with Crippen molar-refractivity contribution < 1.29 is 0 Å². The molecule has 52 valence electrons. The highest BCUT2D eigenvalue weighted by molar-refractivity contribution is 4.72. The van der Waals surface area contributed by atoms with Crippen LogP contribution >= 0.6 is 0 Å². The van der Waals surface area contributed by atoms with Gasteiger partial charge in [-0.2, -0.15) is 5.10 Å². The molecule has 0 aromatic carbocycles. The Morgan fingerprint density at radius 1 is 1.33 bits per heavy atom. The molecule has 0 aliphatic carbocycles. The van der Waals surface area contributed by atoms with Crippen molar-refractivity contribution in [2.24, 2.45) is 5.92 Å². The zero-order valence-corrected chi connectivity index (χ0v) is 6.26. The van der Waals surface area contributed by atoms with Gasteiger partial charge >= 0.3 is 0 Å². The Balaban J connectivity index is 0.000000148. The molecule has 1 aromatic rings. The molecule has 1 rings (SSSR count). The van der Waals surface area contributed by atoms with E-state index in [4.69, 9.17) is 0 Å². The third-order valence-corrected chi connectivity index (χ3v) is 0.406. The zero-order chi connectivity index (χ0) is 7.11. The fourth-order valence-corrected chi connectivity index (χ4v) is 0.215. The number of aromatic nitrogens is 2. The minimum atomic E-state index is 0.833. The van der Waals surface area contributed by atoms with Crippen LogP contribution in [0.3, 0.4) is 0 Å². The molecule has 0 atom stereocenters. The molecule has 0 spiro atoms. The van der Waals surface area contributed by atoms with Crippen LogP contribution < -0.4 is 0 Å². The molecule has 0 unspecified atom stereocenters. The van der Waals surface area contributed by atoms with Gasteiger partial charge in [-0.15, -0.1) is 0 Å². The third-order valence-electron chi connectivity index (χ3n) is 0.406. The Labute approximate surface area is 56.3 Å². The standard InChI is InChI=1S/C4H10.C3H4N2/c1-4(2)3;1-2-4-5-3-1/h4H,1-3H3;1-3H,(H,4,5). The van der Waals surface area contributed by atoms with Gasteiger partial charge in [0.15, 0.2) is 0 Å². The van der Waals surface area contributed by atoms with Crippen molar-refractivity contribution in [1.82, 2.24) is 10.2 Å². The first-order valence-electron chi connectivity index (χ1n) is 3.17. The second-order valence-electron chi connectivity index (χ2n) is 2.50. The summed E-state index contributed by atoms with van der Waals surface area (Å²) in [5.74, 6) is 0.833. The summed E-state index contributed by atoms with van der Waals surface area (Å²) < 4.78 is 0. The largest absolute Gasteiger partial charge is 0.286 e. The van der Waals surface area contributed by atoms with Gasteiger partial charge in [0, 0.05) is 12.4 Å². The molecule has 1 aromatic heterocycles. The molecule has 0 saturated carbocycles. The predicted octanol–water partition coefficient (Wildman–Crippen LogP) is 2.07. The summed E-state index contributed by atoms with van der Waals surface area (Å²) in [6.07, 6.45) is 3.46. The predicted molar refractivity (Wildman–Crippen MR) is 39.1 cm³/mol. The number of rotatable bonds is 0. The zero-order valence-electron chi connectivity index (χ0n) is 6.26. The summed E-state index contributed by atoms with van der Waals surface area (Å²) in [6.45, 7) is 6.50. The molecule has 0 saturated heterocycles. The summed E-state index contributed by atoms with van der Waals surface area (Å²) in [5, 5.41) is 6.21. The number of hydrogen-bond acceptors (Lipinski definition) is 1. The molecule has 0 bridgehead atoms. The molecule has 0 fully saturated rings. The third kappa shape index (κ3) is 11.0. The summed E-state index contributed by atoms with van der Waals surface area (Å²) in [5.41, 5.74) is 0. The summed E-state index contributed by atoms with van der Waals surface area (Å²) >= 11 is 0. The van der Waals surface area contributed by atoms with Crippen molar-refractivity contribution >= 4 is 0 Å².